The molecule has 0 aromatic heterocycles. The first-order chi connectivity index (χ1) is 11.8. The number of ether oxygens (including phenoxy) is 1. The summed E-state index contributed by atoms with van der Waals surface area (Å²) in [5.41, 5.74) is 1.03. The lowest BCUT2D eigenvalue weighted by atomic mass is 10.1. The molecule has 5 heteroatoms. The molecule has 1 aliphatic carbocycles. The van der Waals surface area contributed by atoms with E-state index in [1.54, 1.807) is 13.3 Å². The first kappa shape index (κ1) is 22.3. The normalized spacial score (nSPS) is 16.3. The van der Waals surface area contributed by atoms with Gasteiger partial charge in [0.2, 0.25) is 0 Å². The van der Waals surface area contributed by atoms with Crippen molar-refractivity contribution in [2.75, 3.05) is 33.8 Å². The summed E-state index contributed by atoms with van der Waals surface area (Å²) < 4.78 is 5.15. The highest BCUT2D eigenvalue weighted by Gasteiger charge is 1.95. The van der Waals surface area contributed by atoms with Gasteiger partial charge in [0.25, 0.3) is 0 Å². The van der Waals surface area contributed by atoms with Gasteiger partial charge in [-0.05, 0) is 76.5 Å². The maximum Gasteiger partial charge on any atom is 0.114 e. The molecule has 0 aromatic carbocycles. The smallest absolute Gasteiger partial charge is 0.114 e. The molecule has 0 saturated carbocycles. The van der Waals surface area contributed by atoms with E-state index in [0.717, 1.165) is 30.7 Å². The summed E-state index contributed by atoms with van der Waals surface area (Å²) in [6.45, 7) is 8.97. The summed E-state index contributed by atoms with van der Waals surface area (Å²) >= 11 is 0. The molecule has 5 nitrogen and oxygen atoms in total. The summed E-state index contributed by atoms with van der Waals surface area (Å²) in [5, 5.41) is 13.6. The maximum absolute atomic E-state index is 5.15. The lowest BCUT2D eigenvalue weighted by molar-refractivity contribution is 0.305. The molecule has 0 radical (unpaired) electrons. The second kappa shape index (κ2) is 17.6. The van der Waals surface area contributed by atoms with Gasteiger partial charge < -0.3 is 15.4 Å². The van der Waals surface area contributed by atoms with Crippen molar-refractivity contribution in [2.24, 2.45) is 10.2 Å². The maximum atomic E-state index is 5.15. The van der Waals surface area contributed by atoms with Crippen LogP contribution in [0.2, 0.25) is 0 Å². The van der Waals surface area contributed by atoms with Gasteiger partial charge in [-0.2, -0.15) is 10.2 Å². The third kappa shape index (κ3) is 13.9. The molecule has 0 fully saturated rings. The van der Waals surface area contributed by atoms with Crippen LogP contribution in [0.5, 0.6) is 0 Å². The van der Waals surface area contributed by atoms with Crippen molar-refractivity contribution in [3.63, 3.8) is 0 Å². The zero-order valence-corrected chi connectivity index (χ0v) is 15.6. The highest BCUT2D eigenvalue weighted by atomic mass is 16.5. The van der Waals surface area contributed by atoms with E-state index in [9.17, 15) is 0 Å². The summed E-state index contributed by atoms with van der Waals surface area (Å²) in [6.07, 6.45) is 15.5. The molecule has 2 N–H and O–H groups in total. The minimum atomic E-state index is 0.885. The Morgan fingerprint density at radius 3 is 2.58 bits per heavy atom. The molecular formula is C19H34N4O. The van der Waals surface area contributed by atoms with E-state index >= 15 is 0 Å². The summed E-state index contributed by atoms with van der Waals surface area (Å²) in [4.78, 5) is 0. The zero-order valence-electron chi connectivity index (χ0n) is 15.6. The van der Waals surface area contributed by atoms with Crippen molar-refractivity contribution in [3.8, 4) is 0 Å². The van der Waals surface area contributed by atoms with Gasteiger partial charge in [-0.1, -0.05) is 19.1 Å². The highest BCUT2D eigenvalue weighted by molar-refractivity contribution is 5.82. The van der Waals surface area contributed by atoms with Crippen LogP contribution in [0.15, 0.2) is 45.8 Å². The Kier molecular flexibility index (Phi) is 16.4. The van der Waals surface area contributed by atoms with Gasteiger partial charge in [0.1, 0.15) is 5.76 Å². The summed E-state index contributed by atoms with van der Waals surface area (Å²) in [6, 6.07) is 0. The fourth-order valence-electron chi connectivity index (χ4n) is 2.00. The Morgan fingerprint density at radius 1 is 1.17 bits per heavy atom. The van der Waals surface area contributed by atoms with E-state index in [4.69, 9.17) is 4.74 Å². The number of methoxy groups -OCH3 is 1. The Balaban J connectivity index is 0.000000470. The fourth-order valence-corrected chi connectivity index (χ4v) is 2.00. The molecule has 1 aliphatic rings. The van der Waals surface area contributed by atoms with Crippen molar-refractivity contribution < 1.29 is 4.74 Å². The lowest BCUT2D eigenvalue weighted by Gasteiger charge is -2.03. The molecule has 0 atom stereocenters. The predicted octanol–water partition coefficient (Wildman–Crippen LogP) is 3.47. The van der Waals surface area contributed by atoms with Crippen LogP contribution in [0, 0.1) is 0 Å². The van der Waals surface area contributed by atoms with Gasteiger partial charge in [0, 0.05) is 6.72 Å². The van der Waals surface area contributed by atoms with E-state index in [1.165, 1.54) is 32.4 Å². The first-order valence-corrected chi connectivity index (χ1v) is 8.75. The third-order valence-electron chi connectivity index (χ3n) is 3.31. The number of nitrogens with zero attached hydrogens (tertiary/aromatic N) is 2. The molecule has 1 rings (SSSR count). The van der Waals surface area contributed by atoms with E-state index in [2.05, 4.69) is 46.6 Å². The van der Waals surface area contributed by atoms with E-state index in [1.807, 2.05) is 19.2 Å². The molecule has 0 aromatic rings. The third-order valence-corrected chi connectivity index (χ3v) is 3.31. The van der Waals surface area contributed by atoms with Crippen molar-refractivity contribution in [3.05, 3.63) is 35.6 Å². The van der Waals surface area contributed by atoms with Crippen molar-refractivity contribution in [1.82, 2.24) is 10.6 Å². The largest absolute Gasteiger partial charge is 0.497 e. The minimum Gasteiger partial charge on any atom is -0.497 e. The number of nitrogens with one attached hydrogen (secondary N) is 2. The van der Waals surface area contributed by atoms with Crippen LogP contribution in [0.3, 0.4) is 0 Å². The lowest BCUT2D eigenvalue weighted by Crippen LogP contribution is -2.17. The second-order valence-corrected chi connectivity index (χ2v) is 5.37. The molecule has 24 heavy (non-hydrogen) atoms. The molecule has 0 amide bonds. The monoisotopic (exact) mass is 334 g/mol. The first-order valence-electron chi connectivity index (χ1n) is 8.75. The number of hydrogen-bond donors (Lipinski definition) is 2. The molecule has 0 heterocycles. The Morgan fingerprint density at radius 2 is 1.92 bits per heavy atom. The zero-order chi connectivity index (χ0) is 17.9. The number of rotatable bonds is 10. The second-order valence-electron chi connectivity index (χ2n) is 5.37. The van der Waals surface area contributed by atoms with Crippen LogP contribution >= 0.6 is 0 Å². The van der Waals surface area contributed by atoms with Crippen molar-refractivity contribution >= 4 is 12.9 Å². The van der Waals surface area contributed by atoms with Gasteiger partial charge in [-0.3, -0.25) is 0 Å². The molecule has 0 unspecified atom stereocenters. The topological polar surface area (TPSA) is 58.0 Å². The summed E-state index contributed by atoms with van der Waals surface area (Å²) in [7, 11) is 3.67. The van der Waals surface area contributed by atoms with Gasteiger partial charge in [0.15, 0.2) is 0 Å². The molecule has 0 saturated heterocycles. The van der Waals surface area contributed by atoms with Crippen molar-refractivity contribution in [2.45, 2.75) is 39.0 Å². The van der Waals surface area contributed by atoms with Crippen LogP contribution in [0.4, 0.5) is 0 Å². The number of unbranched alkanes of at least 4 members (excludes halogenated alkanes) is 1. The van der Waals surface area contributed by atoms with E-state index < -0.39 is 0 Å². The quantitative estimate of drug-likeness (QED) is 0.365. The van der Waals surface area contributed by atoms with Crippen LogP contribution in [-0.2, 0) is 4.74 Å². The number of allylic oxidation sites excluding steroid dienone is 5. The van der Waals surface area contributed by atoms with E-state index in [0.29, 0.717) is 0 Å². The minimum absolute atomic E-state index is 0.885. The van der Waals surface area contributed by atoms with Crippen molar-refractivity contribution in [1.29, 1.82) is 0 Å². The van der Waals surface area contributed by atoms with Gasteiger partial charge in [-0.25, -0.2) is 0 Å². The molecular weight excluding hydrogens is 300 g/mol. The SMILES string of the molecule is C=NN=CC1=CCC/C=C(/OC)C=C1.CCCNCCCCNC. The average Bonchev–Trinajstić information content (AvgIpc) is 2.58. The molecule has 0 bridgehead atoms. The number of hydrogen-bond acceptors (Lipinski definition) is 5. The fraction of sp³-hybridized carbons (Fsp3) is 0.579. The van der Waals surface area contributed by atoms with Gasteiger partial charge in [0.05, 0.1) is 13.3 Å². The Bertz CT molecular complexity index is 417. The van der Waals surface area contributed by atoms with Crippen LogP contribution in [0.25, 0.3) is 0 Å². The van der Waals surface area contributed by atoms with Gasteiger partial charge >= 0.3 is 0 Å². The predicted molar refractivity (Wildman–Crippen MR) is 106 cm³/mol. The molecule has 136 valence electrons. The Labute approximate surface area is 147 Å². The molecule has 0 spiro atoms. The molecule has 0 aliphatic heterocycles. The van der Waals surface area contributed by atoms with Crippen LogP contribution < -0.4 is 10.6 Å². The van der Waals surface area contributed by atoms with Crippen LogP contribution in [0.1, 0.15) is 39.0 Å². The average molecular weight is 335 g/mol. The standard InChI is InChI=1S/C11H14N2O.C8H20N2/c1-12-13-9-10-5-3-4-6-11(14-2)8-7-10;1-3-6-10-8-5-4-7-9-2/h5-9H,1,3-4H2,2H3;9-10H,3-8H2,1-2H3/b8-7?,10-5?,11-6+,13-9?;. The van der Waals surface area contributed by atoms with E-state index in [-0.39, 0.29) is 0 Å². The van der Waals surface area contributed by atoms with Crippen LogP contribution in [-0.4, -0.2) is 46.7 Å². The van der Waals surface area contributed by atoms with Gasteiger partial charge in [-0.15, -0.1) is 0 Å². The Hall–Kier alpha value is -1.72. The highest BCUT2D eigenvalue weighted by Crippen LogP contribution is 2.10. The summed E-state index contributed by atoms with van der Waals surface area (Å²) in [5.74, 6) is 0.885.